The Morgan fingerprint density at radius 3 is 2.79 bits per heavy atom. The number of imidazole rings is 1. The van der Waals surface area contributed by atoms with Crippen LogP contribution in [0.3, 0.4) is 0 Å². The van der Waals surface area contributed by atoms with E-state index in [0.717, 1.165) is 29.9 Å². The van der Waals surface area contributed by atoms with Gasteiger partial charge in [-0.25, -0.2) is 15.0 Å². The summed E-state index contributed by atoms with van der Waals surface area (Å²) in [4.78, 5) is 28.3. The average Bonchev–Trinajstić information content (AvgIpc) is 3.36. The SMILES string of the molecule is Cc1nc2c(C(N)=O)cccn2c1-c1nc2c(c(NCc3cccc(B(O)O)c3)n1)N(C)CC2. The molecule has 10 nitrogen and oxygen atoms in total. The Morgan fingerprint density at radius 2 is 2.03 bits per heavy atom. The van der Waals surface area contributed by atoms with E-state index in [2.05, 4.69) is 15.2 Å². The molecule has 0 aliphatic carbocycles. The fourth-order valence-electron chi connectivity index (χ4n) is 4.38. The highest BCUT2D eigenvalue weighted by Gasteiger charge is 2.26. The molecule has 172 valence electrons. The highest BCUT2D eigenvalue weighted by molar-refractivity contribution is 6.58. The lowest BCUT2D eigenvalue weighted by Gasteiger charge is -2.18. The molecule has 0 bridgehead atoms. The van der Waals surface area contributed by atoms with E-state index in [1.807, 2.05) is 26.2 Å². The summed E-state index contributed by atoms with van der Waals surface area (Å²) in [5.74, 6) is 0.634. The van der Waals surface area contributed by atoms with Crippen molar-refractivity contribution >= 4 is 35.6 Å². The van der Waals surface area contributed by atoms with E-state index in [-0.39, 0.29) is 0 Å². The van der Waals surface area contributed by atoms with E-state index in [0.29, 0.717) is 46.2 Å². The minimum atomic E-state index is -1.52. The maximum absolute atomic E-state index is 11.9. The third-order valence-corrected chi connectivity index (χ3v) is 6.03. The second-order valence-corrected chi connectivity index (χ2v) is 8.36. The van der Waals surface area contributed by atoms with Crippen LogP contribution in [0, 0.1) is 6.92 Å². The Bertz CT molecular complexity index is 1420. The van der Waals surface area contributed by atoms with E-state index < -0.39 is 13.0 Å². The van der Waals surface area contributed by atoms with Crippen molar-refractivity contribution in [1.82, 2.24) is 19.4 Å². The van der Waals surface area contributed by atoms with Crippen molar-refractivity contribution in [2.24, 2.45) is 5.73 Å². The first-order valence-electron chi connectivity index (χ1n) is 10.9. The lowest BCUT2D eigenvalue weighted by Crippen LogP contribution is -2.30. The van der Waals surface area contributed by atoms with E-state index >= 15 is 0 Å². The molecule has 1 aliphatic heterocycles. The van der Waals surface area contributed by atoms with Crippen LogP contribution in [-0.2, 0) is 13.0 Å². The minimum Gasteiger partial charge on any atom is -0.423 e. The predicted molar refractivity (Wildman–Crippen MR) is 130 cm³/mol. The van der Waals surface area contributed by atoms with Gasteiger partial charge in [0.25, 0.3) is 5.91 Å². The van der Waals surface area contributed by atoms with Crippen molar-refractivity contribution in [1.29, 1.82) is 0 Å². The molecule has 0 spiro atoms. The molecule has 4 aromatic rings. The van der Waals surface area contributed by atoms with E-state index in [1.165, 1.54) is 0 Å². The van der Waals surface area contributed by atoms with Gasteiger partial charge in [0.1, 0.15) is 17.0 Å². The zero-order chi connectivity index (χ0) is 24.0. The number of carbonyl (C=O) groups excluding carboxylic acids is 1. The lowest BCUT2D eigenvalue weighted by atomic mass is 9.80. The van der Waals surface area contributed by atoms with Gasteiger partial charge in [0, 0.05) is 32.8 Å². The third-order valence-electron chi connectivity index (χ3n) is 6.03. The largest absolute Gasteiger partial charge is 0.488 e. The molecule has 0 unspecified atom stereocenters. The van der Waals surface area contributed by atoms with Crippen LogP contribution in [0.15, 0.2) is 42.6 Å². The molecule has 0 atom stereocenters. The molecule has 4 heterocycles. The highest BCUT2D eigenvalue weighted by atomic mass is 16.4. The number of nitrogens with zero attached hydrogens (tertiary/aromatic N) is 5. The second-order valence-electron chi connectivity index (χ2n) is 8.36. The molecule has 3 aromatic heterocycles. The number of primary amides is 1. The summed E-state index contributed by atoms with van der Waals surface area (Å²) in [6, 6.07) is 10.5. The summed E-state index contributed by atoms with van der Waals surface area (Å²) < 4.78 is 1.80. The topological polar surface area (TPSA) is 142 Å². The number of amides is 1. The number of aryl methyl sites for hydroxylation is 1. The molecular weight excluding hydrogens is 433 g/mol. The van der Waals surface area contributed by atoms with Gasteiger partial charge < -0.3 is 26.0 Å². The molecule has 5 N–H and O–H groups in total. The molecule has 0 fully saturated rings. The number of fused-ring (bicyclic) bond motifs is 2. The van der Waals surface area contributed by atoms with Crippen LogP contribution in [0.2, 0.25) is 0 Å². The van der Waals surface area contributed by atoms with Crippen molar-refractivity contribution in [3.63, 3.8) is 0 Å². The van der Waals surface area contributed by atoms with Crippen LogP contribution in [0.25, 0.3) is 17.2 Å². The Morgan fingerprint density at radius 1 is 1.21 bits per heavy atom. The molecular formula is C23H24BN7O3. The maximum atomic E-state index is 11.9. The standard InChI is InChI=1S/C23H24BN7O3/c1-13-18(31-9-4-7-16(20(25)32)23(31)27-13)22-28-17-8-10-30(2)19(17)21(29-22)26-12-14-5-3-6-15(11-14)24(33)34/h3-7,9,11,33-34H,8,10,12H2,1-2H3,(H2,25,32)(H,26,28,29). The van der Waals surface area contributed by atoms with Gasteiger partial charge in [-0.1, -0.05) is 24.3 Å². The fourth-order valence-corrected chi connectivity index (χ4v) is 4.38. The summed E-state index contributed by atoms with van der Waals surface area (Å²) in [7, 11) is 0.478. The first-order valence-corrected chi connectivity index (χ1v) is 10.9. The highest BCUT2D eigenvalue weighted by Crippen LogP contribution is 2.35. The average molecular weight is 457 g/mol. The number of anilines is 2. The molecule has 1 aromatic carbocycles. The van der Waals surface area contributed by atoms with Crippen molar-refractivity contribution in [3.8, 4) is 11.5 Å². The van der Waals surface area contributed by atoms with Gasteiger partial charge in [-0.05, 0) is 30.1 Å². The summed E-state index contributed by atoms with van der Waals surface area (Å²) in [6.07, 6.45) is 2.60. The Balaban J connectivity index is 1.58. The number of benzene rings is 1. The third kappa shape index (κ3) is 3.74. The zero-order valence-electron chi connectivity index (χ0n) is 18.9. The van der Waals surface area contributed by atoms with Gasteiger partial charge in [0.2, 0.25) is 0 Å². The van der Waals surface area contributed by atoms with Gasteiger partial charge in [0.05, 0.1) is 17.0 Å². The van der Waals surface area contributed by atoms with Crippen molar-refractivity contribution in [2.75, 3.05) is 23.8 Å². The van der Waals surface area contributed by atoms with Crippen molar-refractivity contribution in [2.45, 2.75) is 19.9 Å². The number of pyridine rings is 1. The van der Waals surface area contributed by atoms with E-state index in [4.69, 9.17) is 15.7 Å². The molecule has 1 amide bonds. The number of rotatable bonds is 6. The number of carbonyl (C=O) groups is 1. The number of nitrogens with two attached hydrogens (primary N) is 1. The number of hydrogen-bond donors (Lipinski definition) is 4. The van der Waals surface area contributed by atoms with Crippen LogP contribution >= 0.6 is 0 Å². The Hall–Kier alpha value is -3.96. The van der Waals surface area contributed by atoms with E-state index in [9.17, 15) is 14.8 Å². The van der Waals surface area contributed by atoms with Gasteiger partial charge in [0.15, 0.2) is 11.6 Å². The van der Waals surface area contributed by atoms with Crippen molar-refractivity contribution < 1.29 is 14.8 Å². The fraction of sp³-hybridized carbons (Fsp3) is 0.217. The zero-order valence-corrected chi connectivity index (χ0v) is 18.9. The maximum Gasteiger partial charge on any atom is 0.488 e. The second kappa shape index (κ2) is 8.43. The summed E-state index contributed by atoms with van der Waals surface area (Å²) >= 11 is 0. The van der Waals surface area contributed by atoms with E-state index in [1.54, 1.807) is 34.7 Å². The molecule has 0 saturated carbocycles. The van der Waals surface area contributed by atoms with Gasteiger partial charge in [-0.3, -0.25) is 9.20 Å². The van der Waals surface area contributed by atoms with Gasteiger partial charge in [-0.15, -0.1) is 0 Å². The molecule has 5 rings (SSSR count). The first kappa shape index (κ1) is 21.9. The van der Waals surface area contributed by atoms with Crippen LogP contribution < -0.4 is 21.4 Å². The van der Waals surface area contributed by atoms with Crippen LogP contribution in [0.5, 0.6) is 0 Å². The summed E-state index contributed by atoms with van der Waals surface area (Å²) in [6.45, 7) is 3.12. The molecule has 0 saturated heterocycles. The number of likely N-dealkylation sites (N-methyl/N-ethyl adjacent to an activating group) is 1. The molecule has 0 radical (unpaired) electrons. The monoisotopic (exact) mass is 457 g/mol. The predicted octanol–water partition coefficient (Wildman–Crippen LogP) is 0.483. The smallest absolute Gasteiger partial charge is 0.423 e. The molecule has 34 heavy (non-hydrogen) atoms. The summed E-state index contributed by atoms with van der Waals surface area (Å²) in [5, 5.41) is 22.3. The minimum absolute atomic E-state index is 0.335. The first-order chi connectivity index (χ1) is 16.3. The normalized spacial score (nSPS) is 12.8. The number of hydrogen-bond acceptors (Lipinski definition) is 8. The van der Waals surface area contributed by atoms with Crippen LogP contribution in [0.4, 0.5) is 11.5 Å². The van der Waals surface area contributed by atoms with Crippen LogP contribution in [-0.4, -0.2) is 56.0 Å². The molecule has 11 heteroatoms. The van der Waals surface area contributed by atoms with Gasteiger partial charge >= 0.3 is 7.12 Å². The van der Waals surface area contributed by atoms with Crippen LogP contribution in [0.1, 0.15) is 27.3 Å². The van der Waals surface area contributed by atoms with Gasteiger partial charge in [-0.2, -0.15) is 0 Å². The Labute approximate surface area is 196 Å². The summed E-state index contributed by atoms with van der Waals surface area (Å²) in [5.41, 5.74) is 10.9. The number of aromatic nitrogens is 4. The Kier molecular flexibility index (Phi) is 5.42. The number of nitrogens with one attached hydrogen (secondary N) is 1. The lowest BCUT2D eigenvalue weighted by molar-refractivity contribution is 0.100. The quantitative estimate of drug-likeness (QED) is 0.307. The molecule has 1 aliphatic rings. The van der Waals surface area contributed by atoms with Crippen molar-refractivity contribution in [3.05, 3.63) is 65.1 Å².